The van der Waals surface area contributed by atoms with Gasteiger partial charge in [0, 0.05) is 24.2 Å². The van der Waals surface area contributed by atoms with Crippen LogP contribution >= 0.6 is 11.6 Å². The summed E-state index contributed by atoms with van der Waals surface area (Å²) in [5, 5.41) is 3.24. The Hall–Kier alpha value is -2.39. The van der Waals surface area contributed by atoms with Crippen LogP contribution in [0.5, 0.6) is 5.75 Å². The summed E-state index contributed by atoms with van der Waals surface area (Å²) in [6.07, 6.45) is 2.95. The molecule has 0 radical (unpaired) electrons. The smallest absolute Gasteiger partial charge is 0.248 e. The quantitative estimate of drug-likeness (QED) is 0.703. The van der Waals surface area contributed by atoms with Crippen molar-refractivity contribution in [3.05, 3.63) is 59.1 Å². The highest BCUT2D eigenvalue weighted by atomic mass is 35.5. The molecule has 7 nitrogen and oxygen atoms in total. The number of nitrogens with one attached hydrogen (secondary N) is 1. The Morgan fingerprint density at radius 1 is 1.21 bits per heavy atom. The molecule has 9 heteroatoms. The van der Waals surface area contributed by atoms with E-state index in [2.05, 4.69) is 5.32 Å². The van der Waals surface area contributed by atoms with E-state index in [-0.39, 0.29) is 10.6 Å². The number of carbonyl (C=O) groups excluding carboxylic acids is 1. The number of halogens is 1. The van der Waals surface area contributed by atoms with Gasteiger partial charge >= 0.3 is 0 Å². The minimum atomic E-state index is -3.69. The second-order valence-corrected chi connectivity index (χ2v) is 8.63. The van der Waals surface area contributed by atoms with Gasteiger partial charge in [0.1, 0.15) is 5.75 Å². The number of amides is 1. The van der Waals surface area contributed by atoms with Crippen LogP contribution in [0.3, 0.4) is 0 Å². The van der Waals surface area contributed by atoms with Gasteiger partial charge in [0.15, 0.2) is 0 Å². The van der Waals surface area contributed by atoms with Gasteiger partial charge in [-0.1, -0.05) is 23.7 Å². The predicted octanol–water partition coefficient (Wildman–Crippen LogP) is 3.02. The molecule has 1 N–H and O–H groups in total. The maximum absolute atomic E-state index is 12.9. The number of nitrogens with zero attached hydrogens (tertiary/aromatic N) is 1. The van der Waals surface area contributed by atoms with Gasteiger partial charge in [-0.05, 0) is 42.0 Å². The molecule has 0 spiro atoms. The van der Waals surface area contributed by atoms with Gasteiger partial charge in [-0.2, -0.15) is 4.31 Å². The van der Waals surface area contributed by atoms with Crippen LogP contribution in [0.4, 0.5) is 5.69 Å². The molecule has 1 fully saturated rings. The summed E-state index contributed by atoms with van der Waals surface area (Å²) in [7, 11) is -2.24. The van der Waals surface area contributed by atoms with Crippen LogP contribution in [-0.4, -0.2) is 52.0 Å². The first-order valence-corrected chi connectivity index (χ1v) is 10.7. The number of morpholine rings is 1. The molecule has 2 aromatic carbocycles. The van der Waals surface area contributed by atoms with Crippen molar-refractivity contribution in [3.63, 3.8) is 0 Å². The normalized spacial score (nSPS) is 15.4. The fraction of sp³-hybridized carbons (Fsp3) is 0.250. The number of anilines is 1. The van der Waals surface area contributed by atoms with E-state index in [0.29, 0.717) is 37.1 Å². The highest BCUT2D eigenvalue weighted by molar-refractivity contribution is 7.89. The summed E-state index contributed by atoms with van der Waals surface area (Å²) in [6, 6.07) is 11.4. The van der Waals surface area contributed by atoms with Crippen molar-refractivity contribution in [2.75, 3.05) is 38.7 Å². The number of hydrogen-bond donors (Lipinski definition) is 1. The monoisotopic (exact) mass is 436 g/mol. The van der Waals surface area contributed by atoms with Gasteiger partial charge < -0.3 is 14.8 Å². The van der Waals surface area contributed by atoms with E-state index in [0.717, 1.165) is 5.56 Å². The maximum atomic E-state index is 12.9. The summed E-state index contributed by atoms with van der Waals surface area (Å²) in [6.45, 7) is 1.29. The molecular weight excluding hydrogens is 416 g/mol. The van der Waals surface area contributed by atoms with E-state index >= 15 is 0 Å². The largest absolute Gasteiger partial charge is 0.495 e. The first-order valence-electron chi connectivity index (χ1n) is 8.91. The number of methoxy groups -OCH3 is 1. The van der Waals surface area contributed by atoms with Crippen molar-refractivity contribution in [2.45, 2.75) is 4.90 Å². The van der Waals surface area contributed by atoms with E-state index in [1.54, 1.807) is 24.3 Å². The van der Waals surface area contributed by atoms with Crippen LogP contribution in [0.25, 0.3) is 6.08 Å². The summed E-state index contributed by atoms with van der Waals surface area (Å²) >= 11 is 5.93. The molecule has 1 heterocycles. The molecule has 0 saturated carbocycles. The van der Waals surface area contributed by atoms with E-state index in [9.17, 15) is 13.2 Å². The lowest BCUT2D eigenvalue weighted by molar-refractivity contribution is -0.111. The molecule has 0 bridgehead atoms. The maximum Gasteiger partial charge on any atom is 0.248 e. The number of carbonyl (C=O) groups is 1. The molecule has 29 heavy (non-hydrogen) atoms. The average Bonchev–Trinajstić information content (AvgIpc) is 2.73. The Morgan fingerprint density at radius 2 is 1.97 bits per heavy atom. The number of benzene rings is 2. The molecule has 154 valence electrons. The summed E-state index contributed by atoms with van der Waals surface area (Å²) in [5.74, 6) is -0.0698. The number of ether oxygens (including phenoxy) is 2. The third-order valence-corrected chi connectivity index (χ3v) is 6.44. The Kier molecular flexibility index (Phi) is 6.92. The third-order valence-electron chi connectivity index (χ3n) is 4.31. The van der Waals surface area contributed by atoms with Crippen molar-refractivity contribution in [3.8, 4) is 5.75 Å². The Morgan fingerprint density at radius 3 is 2.66 bits per heavy atom. The van der Waals surface area contributed by atoms with Gasteiger partial charge in [0.05, 0.1) is 30.9 Å². The van der Waals surface area contributed by atoms with Crippen LogP contribution in [0.15, 0.2) is 53.4 Å². The zero-order valence-corrected chi connectivity index (χ0v) is 17.4. The summed E-state index contributed by atoms with van der Waals surface area (Å²) in [5.41, 5.74) is 1.03. The number of rotatable bonds is 6. The molecule has 1 saturated heterocycles. The zero-order valence-electron chi connectivity index (χ0n) is 15.8. The minimum Gasteiger partial charge on any atom is -0.495 e. The van der Waals surface area contributed by atoms with E-state index in [4.69, 9.17) is 21.1 Å². The van der Waals surface area contributed by atoms with Gasteiger partial charge in [-0.3, -0.25) is 4.79 Å². The molecule has 0 aliphatic carbocycles. The van der Waals surface area contributed by atoms with Crippen molar-refractivity contribution in [2.24, 2.45) is 0 Å². The van der Waals surface area contributed by atoms with Crippen molar-refractivity contribution >= 4 is 39.3 Å². The first-order chi connectivity index (χ1) is 13.9. The van der Waals surface area contributed by atoms with Gasteiger partial charge in [0.2, 0.25) is 15.9 Å². The number of sulfonamides is 1. The Labute approximate surface area is 174 Å². The lowest BCUT2D eigenvalue weighted by atomic mass is 10.2. The highest BCUT2D eigenvalue weighted by Gasteiger charge is 2.27. The predicted molar refractivity (Wildman–Crippen MR) is 112 cm³/mol. The second-order valence-electron chi connectivity index (χ2n) is 6.26. The van der Waals surface area contributed by atoms with E-state index < -0.39 is 15.9 Å². The first kappa shape index (κ1) is 21.3. The molecule has 1 amide bonds. The van der Waals surface area contributed by atoms with E-state index in [1.165, 1.54) is 35.7 Å². The van der Waals surface area contributed by atoms with Crippen LogP contribution in [0.2, 0.25) is 5.02 Å². The van der Waals surface area contributed by atoms with Crippen molar-refractivity contribution in [1.29, 1.82) is 0 Å². The van der Waals surface area contributed by atoms with Crippen LogP contribution in [-0.2, 0) is 19.6 Å². The van der Waals surface area contributed by atoms with Gasteiger partial charge in [-0.15, -0.1) is 0 Å². The van der Waals surface area contributed by atoms with Crippen molar-refractivity contribution < 1.29 is 22.7 Å². The summed E-state index contributed by atoms with van der Waals surface area (Å²) < 4.78 is 37.5. The molecule has 0 aromatic heterocycles. The van der Waals surface area contributed by atoms with Crippen LogP contribution in [0, 0.1) is 0 Å². The second kappa shape index (κ2) is 9.41. The Bertz CT molecular complexity index is 1020. The SMILES string of the molecule is COc1ccc(S(=O)(=O)N2CCOCC2)cc1NC(=O)C=Cc1cccc(Cl)c1. The van der Waals surface area contributed by atoms with Crippen molar-refractivity contribution in [1.82, 2.24) is 4.31 Å². The summed E-state index contributed by atoms with van der Waals surface area (Å²) in [4.78, 5) is 12.4. The molecular formula is C20H21ClN2O5S. The zero-order chi connectivity index (χ0) is 20.9. The third kappa shape index (κ3) is 5.36. The topological polar surface area (TPSA) is 84.9 Å². The molecule has 1 aliphatic rings. The molecule has 0 atom stereocenters. The Balaban J connectivity index is 1.81. The lowest BCUT2D eigenvalue weighted by Crippen LogP contribution is -2.40. The number of hydrogen-bond acceptors (Lipinski definition) is 5. The van der Waals surface area contributed by atoms with Gasteiger partial charge in [-0.25, -0.2) is 8.42 Å². The standard InChI is InChI=1S/C20H21ClN2O5S/c1-27-19-7-6-17(29(25,26)23-9-11-28-12-10-23)14-18(19)22-20(24)8-5-15-3-2-4-16(21)13-15/h2-8,13-14H,9-12H2,1H3,(H,22,24). The molecule has 3 rings (SSSR count). The fourth-order valence-electron chi connectivity index (χ4n) is 2.84. The average molecular weight is 437 g/mol. The van der Waals surface area contributed by atoms with Crippen LogP contribution < -0.4 is 10.1 Å². The molecule has 2 aromatic rings. The minimum absolute atomic E-state index is 0.0781. The van der Waals surface area contributed by atoms with E-state index in [1.807, 2.05) is 6.07 Å². The fourth-order valence-corrected chi connectivity index (χ4v) is 4.47. The highest BCUT2D eigenvalue weighted by Crippen LogP contribution is 2.29. The van der Waals surface area contributed by atoms with Crippen LogP contribution in [0.1, 0.15) is 5.56 Å². The lowest BCUT2D eigenvalue weighted by Gasteiger charge is -2.26. The van der Waals surface area contributed by atoms with Gasteiger partial charge in [0.25, 0.3) is 0 Å². The molecule has 0 unspecified atom stereocenters. The molecule has 1 aliphatic heterocycles.